The molecule has 0 aromatic heterocycles. The van der Waals surface area contributed by atoms with Crippen molar-refractivity contribution < 1.29 is 40.3 Å². The summed E-state index contributed by atoms with van der Waals surface area (Å²) in [6, 6.07) is 4.79. The van der Waals surface area contributed by atoms with Gasteiger partial charge < -0.3 is 10.1 Å². The van der Waals surface area contributed by atoms with Gasteiger partial charge in [-0.2, -0.15) is 30.7 Å². The second-order valence-corrected chi connectivity index (χ2v) is 6.47. The van der Waals surface area contributed by atoms with Gasteiger partial charge in [0.1, 0.15) is 5.75 Å². The fraction of sp³-hybridized carbons (Fsp3) is 0.562. The average Bonchev–Trinajstić information content (AvgIpc) is 2.46. The van der Waals surface area contributed by atoms with Gasteiger partial charge in [0.25, 0.3) is 5.91 Å². The number of benzene rings is 1. The molecule has 0 fully saturated rings. The van der Waals surface area contributed by atoms with E-state index in [0.29, 0.717) is 11.3 Å². The molecule has 0 spiro atoms. The Bertz CT molecular complexity index is 669. The quantitative estimate of drug-likeness (QED) is 0.738. The number of ether oxygens (including phenoxy) is 1. The van der Waals surface area contributed by atoms with Crippen LogP contribution in [0.15, 0.2) is 18.2 Å². The van der Waals surface area contributed by atoms with E-state index in [9.17, 15) is 35.5 Å². The van der Waals surface area contributed by atoms with E-state index in [1.807, 2.05) is 0 Å². The van der Waals surface area contributed by atoms with Gasteiger partial charge in [0.15, 0.2) is 0 Å². The van der Waals surface area contributed by atoms with Crippen LogP contribution < -0.4 is 10.1 Å². The second-order valence-electron chi connectivity index (χ2n) is 6.47. The standard InChI is InChI=1S/C16H18F7NO2/c1-9-5-6-10(7-11(9)26-4)8-13(2,3)24-12(25)14(17,18)15(19,20)16(21,22)23/h5-7H,8H2,1-4H3,(H,24,25). The zero-order chi connectivity index (χ0) is 20.6. The van der Waals surface area contributed by atoms with Crippen molar-refractivity contribution in [2.45, 2.75) is 50.8 Å². The van der Waals surface area contributed by atoms with E-state index in [1.54, 1.807) is 30.4 Å². The molecule has 0 aliphatic rings. The van der Waals surface area contributed by atoms with Gasteiger partial charge in [-0.15, -0.1) is 0 Å². The monoisotopic (exact) mass is 389 g/mol. The van der Waals surface area contributed by atoms with Crippen molar-refractivity contribution in [3.8, 4) is 5.75 Å². The predicted octanol–water partition coefficient (Wildman–Crippen LogP) is 4.27. The molecule has 1 amide bonds. The third-order valence-corrected chi connectivity index (χ3v) is 3.61. The van der Waals surface area contributed by atoms with Crippen LogP contribution in [0.5, 0.6) is 5.75 Å². The van der Waals surface area contributed by atoms with E-state index >= 15 is 0 Å². The number of nitrogens with one attached hydrogen (secondary N) is 1. The number of halogens is 7. The van der Waals surface area contributed by atoms with Gasteiger partial charge in [-0.25, -0.2) is 0 Å². The summed E-state index contributed by atoms with van der Waals surface area (Å²) in [7, 11) is 1.40. The summed E-state index contributed by atoms with van der Waals surface area (Å²) in [4.78, 5) is 11.5. The molecule has 0 unspecified atom stereocenters. The molecule has 1 aromatic carbocycles. The highest BCUT2D eigenvalue weighted by atomic mass is 19.4. The number of rotatable bonds is 6. The molecule has 1 rings (SSSR count). The van der Waals surface area contributed by atoms with Crippen LogP contribution in [-0.4, -0.2) is 36.6 Å². The number of hydrogen-bond acceptors (Lipinski definition) is 2. The maximum atomic E-state index is 13.4. The molecular formula is C16H18F7NO2. The van der Waals surface area contributed by atoms with Crippen molar-refractivity contribution >= 4 is 5.91 Å². The predicted molar refractivity (Wildman–Crippen MR) is 79.6 cm³/mol. The van der Waals surface area contributed by atoms with Gasteiger partial charge in [-0.3, -0.25) is 4.79 Å². The largest absolute Gasteiger partial charge is 0.496 e. The van der Waals surface area contributed by atoms with Gasteiger partial charge in [0.2, 0.25) is 0 Å². The Morgan fingerprint density at radius 3 is 2.08 bits per heavy atom. The summed E-state index contributed by atoms with van der Waals surface area (Å²) in [6.07, 6.45) is -6.68. The van der Waals surface area contributed by atoms with Crippen LogP contribution >= 0.6 is 0 Å². The molecule has 26 heavy (non-hydrogen) atoms. The highest BCUT2D eigenvalue weighted by Crippen LogP contribution is 2.46. The van der Waals surface area contributed by atoms with Gasteiger partial charge >= 0.3 is 18.0 Å². The van der Waals surface area contributed by atoms with Crippen LogP contribution in [0.3, 0.4) is 0 Å². The number of hydrogen-bond donors (Lipinski definition) is 1. The number of alkyl halides is 7. The Morgan fingerprint density at radius 1 is 1.08 bits per heavy atom. The van der Waals surface area contributed by atoms with Crippen molar-refractivity contribution in [2.24, 2.45) is 0 Å². The third-order valence-electron chi connectivity index (χ3n) is 3.61. The van der Waals surface area contributed by atoms with Crippen LogP contribution in [-0.2, 0) is 11.2 Å². The molecule has 0 radical (unpaired) electrons. The van der Waals surface area contributed by atoms with Crippen LogP contribution in [0, 0.1) is 6.92 Å². The van der Waals surface area contributed by atoms with E-state index in [1.165, 1.54) is 21.0 Å². The maximum absolute atomic E-state index is 13.4. The smallest absolute Gasteiger partial charge is 0.460 e. The number of carbonyl (C=O) groups is 1. The number of amides is 1. The average molecular weight is 389 g/mol. The van der Waals surface area contributed by atoms with E-state index in [4.69, 9.17) is 4.74 Å². The van der Waals surface area contributed by atoms with Crippen molar-refractivity contribution in [3.63, 3.8) is 0 Å². The summed E-state index contributed by atoms with van der Waals surface area (Å²) < 4.78 is 94.3. The summed E-state index contributed by atoms with van der Waals surface area (Å²) >= 11 is 0. The highest BCUT2D eigenvalue weighted by Gasteiger charge is 2.76. The minimum Gasteiger partial charge on any atom is -0.496 e. The number of methoxy groups -OCH3 is 1. The first-order chi connectivity index (χ1) is 11.5. The number of aryl methyl sites for hydroxylation is 1. The summed E-state index contributed by atoms with van der Waals surface area (Å²) in [6.45, 7) is 4.19. The van der Waals surface area contributed by atoms with Crippen molar-refractivity contribution in [1.82, 2.24) is 5.32 Å². The normalized spacial score (nSPS) is 13.5. The maximum Gasteiger partial charge on any atom is 0.460 e. The molecule has 0 saturated heterocycles. The Morgan fingerprint density at radius 2 is 1.62 bits per heavy atom. The van der Waals surface area contributed by atoms with Crippen LogP contribution in [0.25, 0.3) is 0 Å². The molecule has 0 atom stereocenters. The van der Waals surface area contributed by atoms with Crippen molar-refractivity contribution in [2.75, 3.05) is 7.11 Å². The van der Waals surface area contributed by atoms with Crippen molar-refractivity contribution in [1.29, 1.82) is 0 Å². The lowest BCUT2D eigenvalue weighted by atomic mass is 9.93. The third kappa shape index (κ3) is 4.39. The lowest BCUT2D eigenvalue weighted by Gasteiger charge is -2.32. The lowest BCUT2D eigenvalue weighted by Crippen LogP contribution is -2.62. The molecule has 10 heteroatoms. The Balaban J connectivity index is 3.00. The zero-order valence-electron chi connectivity index (χ0n) is 14.4. The molecule has 148 valence electrons. The molecule has 0 heterocycles. The SMILES string of the molecule is COc1cc(CC(C)(C)NC(=O)C(F)(F)C(F)(F)C(F)(F)F)ccc1C. The summed E-state index contributed by atoms with van der Waals surface area (Å²) in [5.41, 5.74) is -0.249. The Kier molecular flexibility index (Phi) is 5.90. The van der Waals surface area contributed by atoms with Crippen LogP contribution in [0.2, 0.25) is 0 Å². The first-order valence-corrected chi connectivity index (χ1v) is 7.33. The fourth-order valence-electron chi connectivity index (χ4n) is 2.24. The summed E-state index contributed by atoms with van der Waals surface area (Å²) in [5.74, 6) is -14.7. The van der Waals surface area contributed by atoms with Crippen LogP contribution in [0.4, 0.5) is 30.7 Å². The topological polar surface area (TPSA) is 38.3 Å². The van der Waals surface area contributed by atoms with Crippen LogP contribution in [0.1, 0.15) is 25.0 Å². The van der Waals surface area contributed by atoms with Gasteiger partial charge in [-0.05, 0) is 44.4 Å². The molecular weight excluding hydrogens is 371 g/mol. The van der Waals surface area contributed by atoms with Gasteiger partial charge in [0, 0.05) is 5.54 Å². The molecule has 3 nitrogen and oxygen atoms in total. The van der Waals surface area contributed by atoms with Gasteiger partial charge in [0.05, 0.1) is 7.11 Å². The van der Waals surface area contributed by atoms with E-state index in [0.717, 1.165) is 5.56 Å². The molecule has 0 bridgehead atoms. The number of carbonyl (C=O) groups excluding carboxylic acids is 1. The molecule has 0 aliphatic heterocycles. The first-order valence-electron chi connectivity index (χ1n) is 7.33. The minimum atomic E-state index is -6.57. The molecule has 0 saturated carbocycles. The first kappa shape index (κ1) is 22.0. The second kappa shape index (κ2) is 6.96. The van der Waals surface area contributed by atoms with E-state index in [2.05, 4.69) is 0 Å². The van der Waals surface area contributed by atoms with E-state index < -0.39 is 29.5 Å². The Hall–Kier alpha value is -2.00. The molecule has 1 N–H and O–H groups in total. The minimum absolute atomic E-state index is 0.108. The van der Waals surface area contributed by atoms with Crippen molar-refractivity contribution in [3.05, 3.63) is 29.3 Å². The highest BCUT2D eigenvalue weighted by molar-refractivity contribution is 5.85. The molecule has 1 aromatic rings. The Labute approximate surface area is 145 Å². The fourth-order valence-corrected chi connectivity index (χ4v) is 2.24. The molecule has 0 aliphatic carbocycles. The lowest BCUT2D eigenvalue weighted by molar-refractivity contribution is -0.344. The summed E-state index contributed by atoms with van der Waals surface area (Å²) in [5, 5.41) is 1.57. The zero-order valence-corrected chi connectivity index (χ0v) is 14.4. The van der Waals surface area contributed by atoms with E-state index in [-0.39, 0.29) is 6.42 Å². The van der Waals surface area contributed by atoms with Gasteiger partial charge in [-0.1, -0.05) is 12.1 Å².